The van der Waals surface area contributed by atoms with E-state index in [2.05, 4.69) is 15.6 Å². The second-order valence-corrected chi connectivity index (χ2v) is 7.96. The minimum Gasteiger partial charge on any atom is -0.497 e. The fourth-order valence-electron chi connectivity index (χ4n) is 3.58. The molecule has 2 amide bonds. The van der Waals surface area contributed by atoms with E-state index in [1.807, 2.05) is 41.8 Å². The van der Waals surface area contributed by atoms with E-state index in [-0.39, 0.29) is 18.4 Å². The third-order valence-electron chi connectivity index (χ3n) is 5.18. The van der Waals surface area contributed by atoms with Gasteiger partial charge in [0.2, 0.25) is 5.91 Å². The highest BCUT2D eigenvalue weighted by Gasteiger charge is 2.20. The molecule has 1 unspecified atom stereocenters. The molecule has 8 heteroatoms. The summed E-state index contributed by atoms with van der Waals surface area (Å²) in [6.45, 7) is 1.87. The number of para-hydroxylation sites is 2. The monoisotopic (exact) mass is 462 g/mol. The van der Waals surface area contributed by atoms with Crippen LogP contribution in [0.2, 0.25) is 5.02 Å². The van der Waals surface area contributed by atoms with Crippen molar-refractivity contribution in [2.75, 3.05) is 12.4 Å². The lowest BCUT2D eigenvalue weighted by Gasteiger charge is -2.16. The number of hydrogen-bond acceptors (Lipinski definition) is 4. The summed E-state index contributed by atoms with van der Waals surface area (Å²) in [5, 5.41) is 6.41. The Morgan fingerprint density at radius 3 is 2.58 bits per heavy atom. The molecule has 0 bridgehead atoms. The van der Waals surface area contributed by atoms with E-state index in [4.69, 9.17) is 16.3 Å². The summed E-state index contributed by atoms with van der Waals surface area (Å²) in [5.74, 6) is 0.766. The number of nitrogens with zero attached hydrogens (tertiary/aromatic N) is 2. The molecule has 0 saturated carbocycles. The number of carbonyl (C=O) groups excluding carboxylic acids is 2. The van der Waals surface area contributed by atoms with E-state index in [0.29, 0.717) is 27.8 Å². The van der Waals surface area contributed by atoms with Crippen molar-refractivity contribution in [2.24, 2.45) is 0 Å². The molecule has 0 aliphatic heterocycles. The molecule has 4 rings (SSSR count). The van der Waals surface area contributed by atoms with Gasteiger partial charge in [-0.05, 0) is 55.5 Å². The Balaban J connectivity index is 1.57. The number of anilines is 1. The van der Waals surface area contributed by atoms with Crippen LogP contribution in [-0.2, 0) is 11.3 Å². The van der Waals surface area contributed by atoms with Crippen LogP contribution in [0.1, 0.15) is 29.1 Å². The van der Waals surface area contributed by atoms with Gasteiger partial charge >= 0.3 is 0 Å². The Morgan fingerprint density at radius 1 is 1.06 bits per heavy atom. The molecule has 7 nitrogen and oxygen atoms in total. The summed E-state index contributed by atoms with van der Waals surface area (Å²) in [4.78, 5) is 30.3. The first-order valence-corrected chi connectivity index (χ1v) is 10.8. The van der Waals surface area contributed by atoms with E-state index >= 15 is 0 Å². The van der Waals surface area contributed by atoms with Crippen LogP contribution in [0, 0.1) is 0 Å². The molecule has 0 spiro atoms. The standard InChI is InChI=1S/C25H23ClN4O3/c1-16(27-25(32)17-10-12-18(26)13-11-17)24-29-21-8-3-4-9-22(21)30(24)15-23(31)28-19-6-5-7-20(14-19)33-2/h3-14,16H,15H2,1-2H3,(H,27,32)(H,28,31). The van der Waals surface area contributed by atoms with Gasteiger partial charge in [0.25, 0.3) is 5.91 Å². The van der Waals surface area contributed by atoms with Crippen molar-refractivity contribution in [1.29, 1.82) is 0 Å². The molecule has 1 aromatic heterocycles. The van der Waals surface area contributed by atoms with Gasteiger partial charge in [-0.2, -0.15) is 0 Å². The highest BCUT2D eigenvalue weighted by molar-refractivity contribution is 6.30. The van der Waals surface area contributed by atoms with Gasteiger partial charge in [0.05, 0.1) is 24.2 Å². The van der Waals surface area contributed by atoms with Crippen LogP contribution < -0.4 is 15.4 Å². The van der Waals surface area contributed by atoms with Crippen LogP contribution >= 0.6 is 11.6 Å². The van der Waals surface area contributed by atoms with E-state index < -0.39 is 6.04 Å². The summed E-state index contributed by atoms with van der Waals surface area (Å²) in [6.07, 6.45) is 0. The van der Waals surface area contributed by atoms with Gasteiger partial charge in [0, 0.05) is 22.3 Å². The van der Waals surface area contributed by atoms with E-state index in [1.54, 1.807) is 49.6 Å². The number of fused-ring (bicyclic) bond motifs is 1. The Bertz CT molecular complexity index is 1300. The molecule has 0 fully saturated rings. The summed E-state index contributed by atoms with van der Waals surface area (Å²) >= 11 is 5.92. The maximum Gasteiger partial charge on any atom is 0.251 e. The Kier molecular flexibility index (Phi) is 6.60. The number of nitrogens with one attached hydrogen (secondary N) is 2. The molecule has 0 aliphatic rings. The molecular formula is C25H23ClN4O3. The molecule has 33 heavy (non-hydrogen) atoms. The molecule has 0 aliphatic carbocycles. The number of ether oxygens (including phenoxy) is 1. The van der Waals surface area contributed by atoms with Crippen molar-refractivity contribution in [3.05, 3.63) is 89.2 Å². The third kappa shape index (κ3) is 5.15. The van der Waals surface area contributed by atoms with Crippen LogP contribution in [0.5, 0.6) is 5.75 Å². The number of benzene rings is 3. The largest absolute Gasteiger partial charge is 0.497 e. The van der Waals surface area contributed by atoms with Crippen molar-refractivity contribution in [2.45, 2.75) is 19.5 Å². The van der Waals surface area contributed by atoms with Crippen molar-refractivity contribution >= 4 is 40.1 Å². The number of hydrogen-bond donors (Lipinski definition) is 2. The van der Waals surface area contributed by atoms with Gasteiger partial charge in [-0.25, -0.2) is 4.98 Å². The maximum absolute atomic E-state index is 12.9. The number of carbonyl (C=O) groups is 2. The zero-order valence-electron chi connectivity index (χ0n) is 18.2. The number of methoxy groups -OCH3 is 1. The number of halogens is 1. The summed E-state index contributed by atoms with van der Waals surface area (Å²) in [7, 11) is 1.57. The predicted octanol–water partition coefficient (Wildman–Crippen LogP) is 4.83. The lowest BCUT2D eigenvalue weighted by atomic mass is 10.2. The molecular weight excluding hydrogens is 440 g/mol. The SMILES string of the molecule is COc1cccc(NC(=O)Cn2c(C(C)NC(=O)c3ccc(Cl)cc3)nc3ccccc32)c1. The van der Waals surface area contributed by atoms with Crippen molar-refractivity contribution in [1.82, 2.24) is 14.9 Å². The number of aromatic nitrogens is 2. The zero-order chi connectivity index (χ0) is 23.4. The molecule has 0 radical (unpaired) electrons. The van der Waals surface area contributed by atoms with Crippen LogP contribution in [0.3, 0.4) is 0 Å². The zero-order valence-corrected chi connectivity index (χ0v) is 19.0. The van der Waals surface area contributed by atoms with Crippen LogP contribution in [0.4, 0.5) is 5.69 Å². The van der Waals surface area contributed by atoms with Gasteiger partial charge in [-0.3, -0.25) is 9.59 Å². The average Bonchev–Trinajstić information content (AvgIpc) is 3.18. The fourth-order valence-corrected chi connectivity index (χ4v) is 3.71. The molecule has 1 atom stereocenters. The molecule has 3 aromatic carbocycles. The Hall–Kier alpha value is -3.84. The first kappa shape index (κ1) is 22.4. The number of imidazole rings is 1. The van der Waals surface area contributed by atoms with E-state index in [9.17, 15) is 9.59 Å². The van der Waals surface area contributed by atoms with Gasteiger partial charge < -0.3 is 19.9 Å². The van der Waals surface area contributed by atoms with Gasteiger partial charge in [0.1, 0.15) is 18.1 Å². The lowest BCUT2D eigenvalue weighted by molar-refractivity contribution is -0.116. The first-order chi connectivity index (χ1) is 15.9. The molecule has 168 valence electrons. The number of rotatable bonds is 7. The maximum atomic E-state index is 12.9. The fraction of sp³-hybridized carbons (Fsp3) is 0.160. The van der Waals surface area contributed by atoms with Crippen molar-refractivity contribution in [3.63, 3.8) is 0 Å². The van der Waals surface area contributed by atoms with Crippen LogP contribution in [-0.4, -0.2) is 28.5 Å². The molecule has 0 saturated heterocycles. The van der Waals surface area contributed by atoms with Gasteiger partial charge in [-0.1, -0.05) is 29.8 Å². The smallest absolute Gasteiger partial charge is 0.251 e. The van der Waals surface area contributed by atoms with Crippen molar-refractivity contribution in [3.8, 4) is 5.75 Å². The highest BCUT2D eigenvalue weighted by atomic mass is 35.5. The minimum atomic E-state index is -0.440. The molecule has 4 aromatic rings. The van der Waals surface area contributed by atoms with Crippen LogP contribution in [0.15, 0.2) is 72.8 Å². The van der Waals surface area contributed by atoms with Gasteiger partial charge in [-0.15, -0.1) is 0 Å². The number of amides is 2. The highest BCUT2D eigenvalue weighted by Crippen LogP contribution is 2.22. The summed E-state index contributed by atoms with van der Waals surface area (Å²) in [6, 6.07) is 20.9. The second-order valence-electron chi connectivity index (χ2n) is 7.53. The minimum absolute atomic E-state index is 0.0359. The van der Waals surface area contributed by atoms with E-state index in [0.717, 1.165) is 11.0 Å². The third-order valence-corrected chi connectivity index (χ3v) is 5.43. The van der Waals surface area contributed by atoms with Gasteiger partial charge in [0.15, 0.2) is 0 Å². The van der Waals surface area contributed by atoms with E-state index in [1.165, 1.54) is 0 Å². The molecule has 1 heterocycles. The summed E-state index contributed by atoms with van der Waals surface area (Å²) in [5.41, 5.74) is 2.68. The normalized spacial score (nSPS) is 11.7. The lowest BCUT2D eigenvalue weighted by Crippen LogP contribution is -2.30. The topological polar surface area (TPSA) is 85.2 Å². The Morgan fingerprint density at radius 2 is 1.82 bits per heavy atom. The predicted molar refractivity (Wildman–Crippen MR) is 129 cm³/mol. The average molecular weight is 463 g/mol. The Labute approximate surface area is 196 Å². The van der Waals surface area contributed by atoms with Crippen LogP contribution in [0.25, 0.3) is 11.0 Å². The summed E-state index contributed by atoms with van der Waals surface area (Å²) < 4.78 is 7.03. The van der Waals surface area contributed by atoms with Crippen molar-refractivity contribution < 1.29 is 14.3 Å². The molecule has 2 N–H and O–H groups in total. The second kappa shape index (κ2) is 9.75. The quantitative estimate of drug-likeness (QED) is 0.412. The first-order valence-electron chi connectivity index (χ1n) is 10.4.